The van der Waals surface area contributed by atoms with Crippen LogP contribution in [0.2, 0.25) is 0 Å². The molecule has 176 valence electrons. The van der Waals surface area contributed by atoms with Gasteiger partial charge in [-0.15, -0.1) is 13.2 Å². The van der Waals surface area contributed by atoms with E-state index >= 15 is 0 Å². The van der Waals surface area contributed by atoms with Crippen LogP contribution in [0.25, 0.3) is 10.8 Å². The van der Waals surface area contributed by atoms with Crippen molar-refractivity contribution in [3.63, 3.8) is 0 Å². The molecule has 5 heteroatoms. The van der Waals surface area contributed by atoms with Gasteiger partial charge in [-0.1, -0.05) is 69.7 Å². The lowest BCUT2D eigenvalue weighted by molar-refractivity contribution is -0.275. The van der Waals surface area contributed by atoms with Crippen molar-refractivity contribution >= 4 is 10.8 Å². The minimum atomic E-state index is -4.92. The van der Waals surface area contributed by atoms with Gasteiger partial charge in [-0.3, -0.25) is 0 Å². The number of hydrogen-bond acceptors (Lipinski definition) is 1. The van der Waals surface area contributed by atoms with Crippen LogP contribution in [0, 0.1) is 23.6 Å². The largest absolute Gasteiger partial charge is 0.573 e. The molecule has 4 unspecified atom stereocenters. The first kappa shape index (κ1) is 23.4. The van der Waals surface area contributed by atoms with Crippen LogP contribution >= 0.6 is 0 Å². The Hall–Kier alpha value is -1.78. The molecule has 2 aliphatic rings. The summed E-state index contributed by atoms with van der Waals surface area (Å²) < 4.78 is 56.1. The SMILES string of the molecule is CCCCCCC1CCC2CC(c3ccc4c(OC(F)(F)F)c(F)ccc4c3)CCC2C1. The topological polar surface area (TPSA) is 9.23 Å². The van der Waals surface area contributed by atoms with Gasteiger partial charge in [0.15, 0.2) is 11.6 Å². The average molecular weight is 451 g/mol. The van der Waals surface area contributed by atoms with Gasteiger partial charge in [0.1, 0.15) is 0 Å². The van der Waals surface area contributed by atoms with E-state index in [9.17, 15) is 17.6 Å². The molecule has 0 aromatic heterocycles. The van der Waals surface area contributed by atoms with Crippen molar-refractivity contribution < 1.29 is 22.3 Å². The van der Waals surface area contributed by atoms with E-state index in [1.54, 1.807) is 12.1 Å². The summed E-state index contributed by atoms with van der Waals surface area (Å²) in [5.41, 5.74) is 1.15. The lowest BCUT2D eigenvalue weighted by atomic mass is 9.63. The Balaban J connectivity index is 1.41. The fourth-order valence-electron chi connectivity index (χ4n) is 6.18. The summed E-state index contributed by atoms with van der Waals surface area (Å²) in [6.07, 6.45) is 9.40. The summed E-state index contributed by atoms with van der Waals surface area (Å²) in [6, 6.07) is 8.00. The van der Waals surface area contributed by atoms with Crippen LogP contribution in [-0.4, -0.2) is 6.36 Å². The molecule has 1 nitrogen and oxygen atoms in total. The van der Waals surface area contributed by atoms with Crippen LogP contribution in [0.4, 0.5) is 17.6 Å². The van der Waals surface area contributed by atoms with E-state index in [2.05, 4.69) is 11.7 Å². The van der Waals surface area contributed by atoms with Crippen LogP contribution in [0.3, 0.4) is 0 Å². The van der Waals surface area contributed by atoms with Gasteiger partial charge >= 0.3 is 6.36 Å². The molecular weight excluding hydrogens is 416 g/mol. The van der Waals surface area contributed by atoms with E-state index in [4.69, 9.17) is 0 Å². The number of rotatable bonds is 7. The molecule has 0 radical (unpaired) electrons. The molecule has 2 aromatic carbocycles. The van der Waals surface area contributed by atoms with Crippen molar-refractivity contribution in [2.45, 2.75) is 89.8 Å². The first-order valence-corrected chi connectivity index (χ1v) is 12.3. The highest BCUT2D eigenvalue weighted by molar-refractivity contribution is 5.89. The zero-order chi connectivity index (χ0) is 22.7. The van der Waals surface area contributed by atoms with Gasteiger partial charge in [-0.05, 0) is 72.8 Å². The van der Waals surface area contributed by atoms with E-state index in [0.717, 1.165) is 42.2 Å². The molecule has 0 N–H and O–H groups in total. The molecule has 2 saturated carbocycles. The quantitative estimate of drug-likeness (QED) is 0.302. The normalized spacial score (nSPS) is 26.2. The number of ether oxygens (including phenoxy) is 1. The first-order valence-electron chi connectivity index (χ1n) is 12.3. The van der Waals surface area contributed by atoms with Crippen LogP contribution in [0.15, 0.2) is 30.3 Å². The van der Waals surface area contributed by atoms with Crippen molar-refractivity contribution in [3.8, 4) is 5.75 Å². The Morgan fingerprint density at radius 3 is 2.47 bits per heavy atom. The molecule has 4 atom stereocenters. The van der Waals surface area contributed by atoms with Gasteiger partial charge in [0.2, 0.25) is 0 Å². The average Bonchev–Trinajstić information content (AvgIpc) is 2.77. The number of halogens is 4. The van der Waals surface area contributed by atoms with Crippen molar-refractivity contribution in [3.05, 3.63) is 41.7 Å². The second-order valence-electron chi connectivity index (χ2n) is 9.96. The van der Waals surface area contributed by atoms with Gasteiger partial charge in [0, 0.05) is 5.39 Å². The lowest BCUT2D eigenvalue weighted by Crippen LogP contribution is -2.30. The summed E-state index contributed by atoms with van der Waals surface area (Å²) in [5.74, 6) is 1.19. The van der Waals surface area contributed by atoms with Crippen LogP contribution in [-0.2, 0) is 0 Å². The second-order valence-corrected chi connectivity index (χ2v) is 9.96. The molecule has 2 aromatic rings. The summed E-state index contributed by atoms with van der Waals surface area (Å²) in [7, 11) is 0. The zero-order valence-electron chi connectivity index (χ0n) is 18.9. The minimum Gasteiger partial charge on any atom is -0.402 e. The third-order valence-electron chi connectivity index (χ3n) is 7.82. The summed E-state index contributed by atoms with van der Waals surface area (Å²) in [4.78, 5) is 0. The summed E-state index contributed by atoms with van der Waals surface area (Å²) >= 11 is 0. The number of benzene rings is 2. The Labute approximate surface area is 188 Å². The fraction of sp³-hybridized carbons (Fsp3) is 0.630. The zero-order valence-corrected chi connectivity index (χ0v) is 18.9. The standard InChI is InChI=1S/C27H34F4O/c1-2-3-4-5-6-18-7-8-20-16-21(10-9-19(20)15-18)22-11-13-24-23(17-22)12-14-25(28)26(24)32-27(29,30)31/h11-14,17-21H,2-10,15-16H2,1H3. The lowest BCUT2D eigenvalue weighted by Gasteiger charge is -2.42. The van der Waals surface area contributed by atoms with E-state index in [1.165, 1.54) is 57.8 Å². The Bertz CT molecular complexity index is 906. The van der Waals surface area contributed by atoms with E-state index in [1.807, 2.05) is 12.1 Å². The van der Waals surface area contributed by atoms with Gasteiger partial charge in [-0.2, -0.15) is 0 Å². The van der Waals surface area contributed by atoms with E-state index in [0.29, 0.717) is 11.3 Å². The predicted octanol–water partition coefficient (Wildman–Crippen LogP) is 9.15. The Kier molecular flexibility index (Phi) is 7.31. The smallest absolute Gasteiger partial charge is 0.402 e. The van der Waals surface area contributed by atoms with E-state index in [-0.39, 0.29) is 5.39 Å². The molecule has 0 aliphatic heterocycles. The summed E-state index contributed by atoms with van der Waals surface area (Å²) in [6.45, 7) is 2.26. The highest BCUT2D eigenvalue weighted by Crippen LogP contribution is 2.49. The minimum absolute atomic E-state index is 0.170. The third kappa shape index (κ3) is 5.58. The molecule has 0 saturated heterocycles. The molecule has 4 rings (SSSR count). The highest BCUT2D eigenvalue weighted by atomic mass is 19.4. The molecule has 2 fully saturated rings. The highest BCUT2D eigenvalue weighted by Gasteiger charge is 2.36. The van der Waals surface area contributed by atoms with Crippen molar-refractivity contribution in [2.75, 3.05) is 0 Å². The van der Waals surface area contributed by atoms with Crippen molar-refractivity contribution in [1.29, 1.82) is 0 Å². The van der Waals surface area contributed by atoms with Gasteiger partial charge < -0.3 is 4.74 Å². The fourth-order valence-corrected chi connectivity index (χ4v) is 6.18. The maximum absolute atomic E-state index is 14.0. The molecule has 0 amide bonds. The molecule has 0 spiro atoms. The first-order chi connectivity index (χ1) is 15.3. The second kappa shape index (κ2) is 10.0. The maximum atomic E-state index is 14.0. The Morgan fingerprint density at radius 2 is 1.69 bits per heavy atom. The van der Waals surface area contributed by atoms with Crippen LogP contribution in [0.5, 0.6) is 5.75 Å². The van der Waals surface area contributed by atoms with E-state index < -0.39 is 17.9 Å². The van der Waals surface area contributed by atoms with Gasteiger partial charge in [0.05, 0.1) is 0 Å². The molecule has 0 heterocycles. The molecular formula is C27H34F4O. The number of unbranched alkanes of at least 4 members (excludes halogenated alkanes) is 3. The van der Waals surface area contributed by atoms with Gasteiger partial charge in [-0.25, -0.2) is 4.39 Å². The molecule has 32 heavy (non-hydrogen) atoms. The number of alkyl halides is 3. The van der Waals surface area contributed by atoms with Gasteiger partial charge in [0.25, 0.3) is 0 Å². The number of hydrogen-bond donors (Lipinski definition) is 0. The van der Waals surface area contributed by atoms with Crippen molar-refractivity contribution in [2.24, 2.45) is 17.8 Å². The van der Waals surface area contributed by atoms with Crippen molar-refractivity contribution in [1.82, 2.24) is 0 Å². The molecule has 2 aliphatic carbocycles. The van der Waals surface area contributed by atoms with Crippen LogP contribution in [0.1, 0.15) is 89.0 Å². The molecule has 0 bridgehead atoms. The number of fused-ring (bicyclic) bond motifs is 2. The summed E-state index contributed by atoms with van der Waals surface area (Å²) in [5, 5.41) is 0.768. The Morgan fingerprint density at radius 1 is 0.906 bits per heavy atom. The monoisotopic (exact) mass is 450 g/mol. The third-order valence-corrected chi connectivity index (χ3v) is 7.82. The maximum Gasteiger partial charge on any atom is 0.573 e. The predicted molar refractivity (Wildman–Crippen MR) is 120 cm³/mol. The van der Waals surface area contributed by atoms with Crippen LogP contribution < -0.4 is 4.74 Å².